The lowest BCUT2D eigenvalue weighted by Gasteiger charge is -2.26. The molecule has 0 saturated carbocycles. The zero-order valence-electron chi connectivity index (χ0n) is 15.5. The average Bonchev–Trinajstić information content (AvgIpc) is 2.93. The van der Waals surface area contributed by atoms with Gasteiger partial charge in [-0.2, -0.15) is 0 Å². The van der Waals surface area contributed by atoms with Crippen LogP contribution in [0.5, 0.6) is 5.75 Å². The lowest BCUT2D eigenvalue weighted by Crippen LogP contribution is -2.35. The van der Waals surface area contributed by atoms with Gasteiger partial charge in [0.1, 0.15) is 11.3 Å². The molecule has 28 heavy (non-hydrogen) atoms. The molecule has 2 aromatic carbocycles. The molecular formula is C21H19ClN2O4. The van der Waals surface area contributed by atoms with Gasteiger partial charge in [-0.3, -0.25) is 9.59 Å². The molecule has 0 radical (unpaired) electrons. The normalized spacial score (nSPS) is 16.2. The summed E-state index contributed by atoms with van der Waals surface area (Å²) >= 11 is 6.06. The minimum Gasteiger partial charge on any atom is -0.508 e. The van der Waals surface area contributed by atoms with Crippen LogP contribution in [0.3, 0.4) is 0 Å². The maximum absolute atomic E-state index is 13.3. The SMILES string of the molecule is CN(C)CCN1C(=O)c2oc3ccc(Cl)cc3c(=O)c2C1c1cccc(O)c1. The van der Waals surface area contributed by atoms with Gasteiger partial charge in [0.25, 0.3) is 5.91 Å². The second-order valence-corrected chi connectivity index (χ2v) is 7.55. The minimum absolute atomic E-state index is 0.0481. The first-order chi connectivity index (χ1) is 13.4. The molecule has 1 atom stereocenters. The summed E-state index contributed by atoms with van der Waals surface area (Å²) in [5, 5.41) is 10.7. The van der Waals surface area contributed by atoms with Crippen molar-refractivity contribution >= 4 is 28.5 Å². The summed E-state index contributed by atoms with van der Waals surface area (Å²) in [6, 6.07) is 10.7. The monoisotopic (exact) mass is 398 g/mol. The van der Waals surface area contributed by atoms with Gasteiger partial charge in [0.2, 0.25) is 5.76 Å². The van der Waals surface area contributed by atoms with Gasteiger partial charge in [0.15, 0.2) is 5.43 Å². The Kier molecular flexibility index (Phi) is 4.61. The van der Waals surface area contributed by atoms with Crippen molar-refractivity contribution in [2.75, 3.05) is 27.2 Å². The molecule has 1 amide bonds. The van der Waals surface area contributed by atoms with Gasteiger partial charge >= 0.3 is 0 Å². The summed E-state index contributed by atoms with van der Waals surface area (Å²) in [7, 11) is 3.83. The van der Waals surface area contributed by atoms with Crippen LogP contribution in [0.15, 0.2) is 51.7 Å². The van der Waals surface area contributed by atoms with E-state index in [0.717, 1.165) is 0 Å². The van der Waals surface area contributed by atoms with Crippen molar-refractivity contribution in [3.8, 4) is 5.75 Å². The molecule has 4 rings (SSSR count). The topological polar surface area (TPSA) is 74.0 Å². The minimum atomic E-state index is -0.630. The highest BCUT2D eigenvalue weighted by atomic mass is 35.5. The van der Waals surface area contributed by atoms with Crippen LogP contribution in [-0.4, -0.2) is 48.0 Å². The van der Waals surface area contributed by atoms with Crippen LogP contribution >= 0.6 is 11.6 Å². The van der Waals surface area contributed by atoms with E-state index in [0.29, 0.717) is 34.6 Å². The summed E-state index contributed by atoms with van der Waals surface area (Å²) in [5.41, 5.74) is 0.974. The number of carbonyl (C=O) groups is 1. The molecule has 0 aliphatic carbocycles. The number of phenols is 1. The van der Waals surface area contributed by atoms with Crippen LogP contribution < -0.4 is 5.43 Å². The van der Waals surface area contributed by atoms with Gasteiger partial charge in [-0.1, -0.05) is 23.7 Å². The average molecular weight is 399 g/mol. The van der Waals surface area contributed by atoms with Crippen molar-refractivity contribution < 1.29 is 14.3 Å². The lowest BCUT2D eigenvalue weighted by molar-refractivity contribution is 0.0716. The number of likely N-dealkylation sites (N-methyl/N-ethyl adjacent to an activating group) is 1. The first kappa shape index (κ1) is 18.5. The number of amides is 1. The van der Waals surface area contributed by atoms with Crippen LogP contribution in [0.2, 0.25) is 5.02 Å². The van der Waals surface area contributed by atoms with Crippen LogP contribution in [0.25, 0.3) is 11.0 Å². The zero-order valence-corrected chi connectivity index (χ0v) is 16.2. The molecule has 7 heteroatoms. The van der Waals surface area contributed by atoms with Crippen LogP contribution in [0.4, 0.5) is 0 Å². The molecule has 1 aliphatic rings. The largest absolute Gasteiger partial charge is 0.508 e. The van der Waals surface area contributed by atoms with Crippen molar-refractivity contribution in [3.63, 3.8) is 0 Å². The smallest absolute Gasteiger partial charge is 0.290 e. The molecule has 144 valence electrons. The highest BCUT2D eigenvalue weighted by Gasteiger charge is 2.42. The molecular weight excluding hydrogens is 380 g/mol. The number of fused-ring (bicyclic) bond motifs is 2. The summed E-state index contributed by atoms with van der Waals surface area (Å²) in [5.74, 6) is -0.217. The molecule has 0 bridgehead atoms. The van der Waals surface area contributed by atoms with Gasteiger partial charge in [-0.05, 0) is 50.0 Å². The van der Waals surface area contributed by atoms with Gasteiger partial charge in [-0.15, -0.1) is 0 Å². The third kappa shape index (κ3) is 3.04. The predicted molar refractivity (Wildman–Crippen MR) is 107 cm³/mol. The van der Waals surface area contributed by atoms with Crippen LogP contribution in [0.1, 0.15) is 27.7 Å². The van der Waals surface area contributed by atoms with E-state index in [-0.39, 0.29) is 28.4 Å². The zero-order chi connectivity index (χ0) is 20.0. The molecule has 0 saturated heterocycles. The molecule has 3 aromatic rings. The fourth-order valence-electron chi connectivity index (χ4n) is 3.57. The fraction of sp³-hybridized carbons (Fsp3) is 0.238. The van der Waals surface area contributed by atoms with E-state index < -0.39 is 6.04 Å². The van der Waals surface area contributed by atoms with Gasteiger partial charge in [-0.25, -0.2) is 0 Å². The molecule has 2 heterocycles. The first-order valence-corrected chi connectivity index (χ1v) is 9.25. The first-order valence-electron chi connectivity index (χ1n) is 8.87. The second kappa shape index (κ2) is 6.96. The number of hydrogen-bond donors (Lipinski definition) is 1. The fourth-order valence-corrected chi connectivity index (χ4v) is 3.74. The number of benzene rings is 2. The van der Waals surface area contributed by atoms with E-state index in [9.17, 15) is 14.7 Å². The number of halogens is 1. The Morgan fingerprint density at radius 2 is 1.96 bits per heavy atom. The van der Waals surface area contributed by atoms with E-state index in [2.05, 4.69) is 0 Å². The van der Waals surface area contributed by atoms with Gasteiger partial charge in [0.05, 0.1) is 17.0 Å². The van der Waals surface area contributed by atoms with E-state index in [1.54, 1.807) is 47.4 Å². The summed E-state index contributed by atoms with van der Waals surface area (Å²) in [4.78, 5) is 30.0. The van der Waals surface area contributed by atoms with E-state index in [1.807, 2.05) is 19.0 Å². The third-order valence-corrected chi connectivity index (χ3v) is 5.14. The lowest BCUT2D eigenvalue weighted by atomic mass is 9.98. The van der Waals surface area contributed by atoms with Crippen molar-refractivity contribution in [2.24, 2.45) is 0 Å². The summed E-state index contributed by atoms with van der Waals surface area (Å²) in [6.45, 7) is 1.03. The third-order valence-electron chi connectivity index (χ3n) is 4.90. The molecule has 0 fully saturated rings. The number of hydrogen-bond acceptors (Lipinski definition) is 5. The van der Waals surface area contributed by atoms with Gasteiger partial charge < -0.3 is 19.3 Å². The number of carbonyl (C=O) groups excluding carboxylic acids is 1. The molecule has 1 aromatic heterocycles. The number of rotatable bonds is 4. The number of nitrogens with zero attached hydrogens (tertiary/aromatic N) is 2. The Morgan fingerprint density at radius 3 is 2.68 bits per heavy atom. The van der Waals surface area contributed by atoms with E-state index in [1.165, 1.54) is 0 Å². The predicted octanol–water partition coefficient (Wildman–Crippen LogP) is 3.26. The highest BCUT2D eigenvalue weighted by Crippen LogP contribution is 2.38. The summed E-state index contributed by atoms with van der Waals surface area (Å²) < 4.78 is 5.85. The Morgan fingerprint density at radius 1 is 1.18 bits per heavy atom. The van der Waals surface area contributed by atoms with E-state index in [4.69, 9.17) is 16.0 Å². The molecule has 1 aliphatic heterocycles. The van der Waals surface area contributed by atoms with Crippen molar-refractivity contribution in [2.45, 2.75) is 6.04 Å². The van der Waals surface area contributed by atoms with Crippen molar-refractivity contribution in [1.82, 2.24) is 9.80 Å². The second-order valence-electron chi connectivity index (χ2n) is 7.11. The number of aromatic hydroxyl groups is 1. The highest BCUT2D eigenvalue weighted by molar-refractivity contribution is 6.31. The molecule has 1 unspecified atom stereocenters. The Bertz CT molecular complexity index is 1140. The quantitative estimate of drug-likeness (QED) is 0.730. The molecule has 1 N–H and O–H groups in total. The van der Waals surface area contributed by atoms with Crippen molar-refractivity contribution in [3.05, 3.63) is 74.6 Å². The Labute approximate surface area is 166 Å². The molecule has 0 spiro atoms. The maximum atomic E-state index is 13.3. The molecule has 6 nitrogen and oxygen atoms in total. The van der Waals surface area contributed by atoms with Gasteiger partial charge in [0, 0.05) is 18.1 Å². The Balaban J connectivity index is 1.96. The Hall–Kier alpha value is -2.83. The summed E-state index contributed by atoms with van der Waals surface area (Å²) in [6.07, 6.45) is 0. The van der Waals surface area contributed by atoms with E-state index >= 15 is 0 Å². The van der Waals surface area contributed by atoms with Crippen LogP contribution in [0, 0.1) is 0 Å². The number of phenolic OH excluding ortho intramolecular Hbond substituents is 1. The standard InChI is InChI=1S/C21H19ClN2O4/c1-23(2)8-9-24-18(12-4-3-5-14(25)10-12)17-19(26)15-11-13(22)6-7-16(15)28-20(17)21(24)27/h3-7,10-11,18,25H,8-9H2,1-2H3. The van der Waals surface area contributed by atoms with Crippen molar-refractivity contribution in [1.29, 1.82) is 0 Å². The van der Waals surface area contributed by atoms with Crippen LogP contribution in [-0.2, 0) is 0 Å². The maximum Gasteiger partial charge on any atom is 0.290 e.